The molecule has 1 aliphatic rings. The highest BCUT2D eigenvalue weighted by Gasteiger charge is 2.37. The molecule has 0 aromatic heterocycles. The molecule has 0 aliphatic carbocycles. The van der Waals surface area contributed by atoms with Gasteiger partial charge in [-0.1, -0.05) is 6.92 Å². The second-order valence-corrected chi connectivity index (χ2v) is 7.21. The molecule has 0 bridgehead atoms. The standard InChI is InChI=1S/C12H18N4O4S/c1-8-5-9(2)15(7-8)21(19,20)12-4-3-10(16(17)18)6-11(12)14-13/h3-4,6,8-9,14H,5,7,13H2,1-2H3. The summed E-state index contributed by atoms with van der Waals surface area (Å²) in [4.78, 5) is 10.1. The summed E-state index contributed by atoms with van der Waals surface area (Å²) in [5, 5.41) is 10.8. The van der Waals surface area contributed by atoms with E-state index in [9.17, 15) is 18.5 Å². The zero-order valence-corrected chi connectivity index (χ0v) is 12.6. The highest BCUT2D eigenvalue weighted by molar-refractivity contribution is 7.89. The van der Waals surface area contributed by atoms with Crippen LogP contribution < -0.4 is 11.3 Å². The van der Waals surface area contributed by atoms with Gasteiger partial charge >= 0.3 is 0 Å². The number of nitrogens with one attached hydrogen (secondary N) is 1. The number of rotatable bonds is 4. The molecule has 21 heavy (non-hydrogen) atoms. The molecule has 0 saturated carbocycles. The van der Waals surface area contributed by atoms with E-state index in [2.05, 4.69) is 5.43 Å². The van der Waals surface area contributed by atoms with Gasteiger partial charge in [0.25, 0.3) is 5.69 Å². The van der Waals surface area contributed by atoms with Crippen molar-refractivity contribution in [2.24, 2.45) is 11.8 Å². The third-order valence-corrected chi connectivity index (χ3v) is 5.68. The van der Waals surface area contributed by atoms with Crippen LogP contribution in [0, 0.1) is 16.0 Å². The number of sulfonamides is 1. The van der Waals surface area contributed by atoms with Gasteiger partial charge in [0.15, 0.2) is 0 Å². The normalized spacial score (nSPS) is 23.2. The number of hydrazine groups is 1. The van der Waals surface area contributed by atoms with Crippen LogP contribution in [0.2, 0.25) is 0 Å². The Morgan fingerprint density at radius 3 is 2.57 bits per heavy atom. The van der Waals surface area contributed by atoms with Gasteiger partial charge in [-0.2, -0.15) is 4.31 Å². The summed E-state index contributed by atoms with van der Waals surface area (Å²) in [5.74, 6) is 5.60. The minimum absolute atomic E-state index is 0.0240. The minimum Gasteiger partial charge on any atom is -0.323 e. The number of nitro benzene ring substituents is 1. The van der Waals surface area contributed by atoms with Crippen LogP contribution in [0.15, 0.2) is 23.1 Å². The maximum absolute atomic E-state index is 12.7. The molecule has 0 spiro atoms. The van der Waals surface area contributed by atoms with Crippen LogP contribution in [-0.4, -0.2) is 30.2 Å². The van der Waals surface area contributed by atoms with Gasteiger partial charge in [0.2, 0.25) is 10.0 Å². The number of nitrogens with zero attached hydrogens (tertiary/aromatic N) is 2. The van der Waals surface area contributed by atoms with E-state index in [4.69, 9.17) is 5.84 Å². The van der Waals surface area contributed by atoms with Crippen LogP contribution in [0.25, 0.3) is 0 Å². The van der Waals surface area contributed by atoms with Crippen LogP contribution in [0.4, 0.5) is 11.4 Å². The molecule has 3 N–H and O–H groups in total. The predicted octanol–water partition coefficient (Wildman–Crippen LogP) is 1.30. The van der Waals surface area contributed by atoms with Crippen molar-refractivity contribution in [1.29, 1.82) is 0 Å². The van der Waals surface area contributed by atoms with E-state index in [0.717, 1.165) is 18.6 Å². The van der Waals surface area contributed by atoms with Gasteiger partial charge in [-0.25, -0.2) is 8.42 Å². The second-order valence-electron chi connectivity index (χ2n) is 5.35. The Hall–Kier alpha value is -1.71. The Kier molecular flexibility index (Phi) is 4.17. The van der Waals surface area contributed by atoms with Gasteiger partial charge < -0.3 is 5.43 Å². The fraction of sp³-hybridized carbons (Fsp3) is 0.500. The lowest BCUT2D eigenvalue weighted by molar-refractivity contribution is -0.384. The van der Waals surface area contributed by atoms with E-state index in [1.807, 2.05) is 13.8 Å². The molecule has 0 radical (unpaired) electrons. The maximum Gasteiger partial charge on any atom is 0.271 e. The number of anilines is 1. The lowest BCUT2D eigenvalue weighted by Gasteiger charge is -2.22. The number of hydrogen-bond acceptors (Lipinski definition) is 6. The van der Waals surface area contributed by atoms with Crippen LogP contribution in [0.5, 0.6) is 0 Å². The number of nitrogens with two attached hydrogens (primary N) is 1. The van der Waals surface area contributed by atoms with Crippen LogP contribution in [0.1, 0.15) is 20.3 Å². The van der Waals surface area contributed by atoms with Crippen LogP contribution in [-0.2, 0) is 10.0 Å². The van der Waals surface area contributed by atoms with Crippen molar-refractivity contribution in [2.45, 2.75) is 31.2 Å². The van der Waals surface area contributed by atoms with E-state index >= 15 is 0 Å². The first-order chi connectivity index (χ1) is 9.77. The van der Waals surface area contributed by atoms with E-state index in [1.165, 1.54) is 10.4 Å². The van der Waals surface area contributed by atoms with Crippen LogP contribution >= 0.6 is 0 Å². The van der Waals surface area contributed by atoms with E-state index in [-0.39, 0.29) is 28.2 Å². The van der Waals surface area contributed by atoms with Crippen molar-refractivity contribution in [1.82, 2.24) is 4.31 Å². The molecule has 1 fully saturated rings. The summed E-state index contributed by atoms with van der Waals surface area (Å²) in [6.45, 7) is 4.27. The van der Waals surface area contributed by atoms with Gasteiger partial charge in [-0.3, -0.25) is 16.0 Å². The third kappa shape index (κ3) is 2.85. The zero-order chi connectivity index (χ0) is 15.8. The average Bonchev–Trinajstić information content (AvgIpc) is 2.77. The van der Waals surface area contributed by atoms with Gasteiger partial charge in [0.1, 0.15) is 4.90 Å². The molecule has 1 aromatic carbocycles. The van der Waals surface area contributed by atoms with Crippen molar-refractivity contribution in [3.05, 3.63) is 28.3 Å². The molecule has 1 heterocycles. The van der Waals surface area contributed by atoms with E-state index in [1.54, 1.807) is 0 Å². The van der Waals surface area contributed by atoms with Crippen molar-refractivity contribution in [3.8, 4) is 0 Å². The number of non-ortho nitro benzene ring substituents is 1. The topological polar surface area (TPSA) is 119 Å². The Bertz CT molecular complexity index is 661. The summed E-state index contributed by atoms with van der Waals surface area (Å²) in [6, 6.07) is 3.40. The molecule has 1 saturated heterocycles. The molecule has 0 amide bonds. The second kappa shape index (κ2) is 5.58. The summed E-state index contributed by atoms with van der Waals surface area (Å²) < 4.78 is 26.8. The molecule has 8 nitrogen and oxygen atoms in total. The van der Waals surface area contributed by atoms with Gasteiger partial charge in [0, 0.05) is 24.7 Å². The lowest BCUT2D eigenvalue weighted by atomic mass is 10.1. The van der Waals surface area contributed by atoms with Gasteiger partial charge in [0.05, 0.1) is 10.6 Å². The van der Waals surface area contributed by atoms with Gasteiger partial charge in [-0.15, -0.1) is 0 Å². The zero-order valence-electron chi connectivity index (χ0n) is 11.8. The molecule has 1 aliphatic heterocycles. The molecular formula is C12H18N4O4S. The summed E-state index contributed by atoms with van der Waals surface area (Å²) >= 11 is 0. The first kappa shape index (κ1) is 15.7. The first-order valence-electron chi connectivity index (χ1n) is 6.54. The summed E-state index contributed by atoms with van der Waals surface area (Å²) in [5.41, 5.74) is 2.04. The largest absolute Gasteiger partial charge is 0.323 e. The fourth-order valence-corrected chi connectivity index (χ4v) is 4.59. The fourth-order valence-electron chi connectivity index (χ4n) is 2.69. The highest BCUT2D eigenvalue weighted by atomic mass is 32.2. The van der Waals surface area contributed by atoms with Crippen molar-refractivity contribution in [3.63, 3.8) is 0 Å². The molecule has 116 valence electrons. The summed E-state index contributed by atoms with van der Waals surface area (Å²) in [6.07, 6.45) is 0.789. The molecule has 2 atom stereocenters. The SMILES string of the molecule is CC1CC(C)N(S(=O)(=O)c2ccc([N+](=O)[O-])cc2NN)C1. The van der Waals surface area contributed by atoms with Gasteiger partial charge in [-0.05, 0) is 25.3 Å². The Morgan fingerprint density at radius 2 is 2.10 bits per heavy atom. The summed E-state index contributed by atoms with van der Waals surface area (Å²) in [7, 11) is -3.74. The van der Waals surface area contributed by atoms with E-state index in [0.29, 0.717) is 6.54 Å². The maximum atomic E-state index is 12.7. The van der Waals surface area contributed by atoms with Crippen LogP contribution in [0.3, 0.4) is 0 Å². The number of benzene rings is 1. The van der Waals surface area contributed by atoms with Crippen molar-refractivity contribution in [2.75, 3.05) is 12.0 Å². The molecular weight excluding hydrogens is 296 g/mol. The number of nitrogen functional groups attached to an aromatic ring is 1. The smallest absolute Gasteiger partial charge is 0.271 e. The Morgan fingerprint density at radius 1 is 1.43 bits per heavy atom. The predicted molar refractivity (Wildman–Crippen MR) is 78.0 cm³/mol. The third-order valence-electron chi connectivity index (χ3n) is 3.64. The Balaban J connectivity index is 2.47. The molecule has 2 unspecified atom stereocenters. The first-order valence-corrected chi connectivity index (χ1v) is 7.98. The molecule has 1 aromatic rings. The Labute approximate surface area is 123 Å². The minimum atomic E-state index is -3.74. The monoisotopic (exact) mass is 314 g/mol. The highest BCUT2D eigenvalue weighted by Crippen LogP contribution is 2.33. The molecule has 9 heteroatoms. The molecule has 2 rings (SSSR count). The number of hydrogen-bond donors (Lipinski definition) is 2. The number of nitro groups is 1. The average molecular weight is 314 g/mol. The van der Waals surface area contributed by atoms with E-state index < -0.39 is 14.9 Å². The van der Waals surface area contributed by atoms with Crippen molar-refractivity contribution >= 4 is 21.4 Å². The lowest BCUT2D eigenvalue weighted by Crippen LogP contribution is -2.34. The quantitative estimate of drug-likeness (QED) is 0.491. The van der Waals surface area contributed by atoms with Crippen molar-refractivity contribution < 1.29 is 13.3 Å².